The third kappa shape index (κ3) is 2.20. The smallest absolute Gasteiger partial charge is 0.179 e. The molecule has 2 N–H and O–H groups in total. The van der Waals surface area contributed by atoms with Crippen molar-refractivity contribution < 1.29 is 13.5 Å². The highest BCUT2D eigenvalue weighted by atomic mass is 32.2. The highest BCUT2D eigenvalue weighted by Gasteiger charge is 2.29. The number of sulfone groups is 1. The largest absolute Gasteiger partial charge is 0.506 e. The fourth-order valence-corrected chi connectivity index (χ4v) is 4.66. The van der Waals surface area contributed by atoms with Crippen molar-refractivity contribution in [2.45, 2.75) is 18.2 Å². The lowest BCUT2D eigenvalue weighted by Gasteiger charge is -2.14. The molecule has 0 amide bonds. The van der Waals surface area contributed by atoms with Crippen molar-refractivity contribution >= 4 is 32.2 Å². The van der Waals surface area contributed by atoms with Gasteiger partial charge in [0.25, 0.3) is 0 Å². The minimum absolute atomic E-state index is 0.103. The zero-order valence-corrected chi connectivity index (χ0v) is 13.8. The summed E-state index contributed by atoms with van der Waals surface area (Å²) in [6.07, 6.45) is 1.87. The minimum atomic E-state index is -3.24. The van der Waals surface area contributed by atoms with Crippen LogP contribution >= 0.6 is 0 Å². The number of fused-ring (bicyclic) bond motifs is 3. The number of aromatic nitrogens is 2. The fraction of sp³-hybridized carbons (Fsp3) is 0.176. The Hall–Kier alpha value is -2.67. The number of phenolic OH excluding ortho intramolecular Hbond substituents is 1. The van der Waals surface area contributed by atoms with Gasteiger partial charge in [-0.25, -0.2) is 18.4 Å². The van der Waals surface area contributed by atoms with Crippen molar-refractivity contribution in [2.75, 3.05) is 11.1 Å². The maximum atomic E-state index is 12.2. The van der Waals surface area contributed by atoms with E-state index in [-0.39, 0.29) is 11.5 Å². The topological polar surface area (TPSA) is 92.2 Å². The minimum Gasteiger partial charge on any atom is -0.506 e. The predicted octanol–water partition coefficient (Wildman–Crippen LogP) is 2.72. The van der Waals surface area contributed by atoms with E-state index >= 15 is 0 Å². The molecule has 3 aromatic rings. The lowest BCUT2D eigenvalue weighted by atomic mass is 10.1. The second kappa shape index (κ2) is 5.17. The first-order chi connectivity index (χ1) is 11.5. The molecule has 1 aliphatic heterocycles. The molecule has 0 fully saturated rings. The summed E-state index contributed by atoms with van der Waals surface area (Å²) in [6.45, 7) is 1.88. The van der Waals surface area contributed by atoms with E-state index in [0.29, 0.717) is 33.7 Å². The van der Waals surface area contributed by atoms with Gasteiger partial charge in [-0.15, -0.1) is 0 Å². The molecule has 0 atom stereocenters. The average Bonchev–Trinajstić information content (AvgIpc) is 2.86. The van der Waals surface area contributed by atoms with Crippen molar-refractivity contribution in [3.63, 3.8) is 0 Å². The highest BCUT2D eigenvalue weighted by Crippen LogP contribution is 2.37. The molecule has 2 aromatic carbocycles. The quantitative estimate of drug-likeness (QED) is 0.696. The van der Waals surface area contributed by atoms with E-state index in [1.807, 2.05) is 13.0 Å². The maximum Gasteiger partial charge on any atom is 0.179 e. The second-order valence-corrected chi connectivity index (χ2v) is 7.90. The van der Waals surface area contributed by atoms with Crippen LogP contribution in [-0.2, 0) is 16.3 Å². The molecule has 7 heteroatoms. The number of anilines is 2. The number of para-hydroxylation sites is 1. The Morgan fingerprint density at radius 3 is 2.79 bits per heavy atom. The fourth-order valence-electron chi connectivity index (χ4n) is 3.12. The number of nitrogens with one attached hydrogen (secondary N) is 1. The van der Waals surface area contributed by atoms with Gasteiger partial charge >= 0.3 is 0 Å². The van der Waals surface area contributed by atoms with Crippen molar-refractivity contribution in [1.29, 1.82) is 0 Å². The summed E-state index contributed by atoms with van der Waals surface area (Å²) < 4.78 is 24.3. The summed E-state index contributed by atoms with van der Waals surface area (Å²) >= 11 is 0. The second-order valence-electron chi connectivity index (χ2n) is 5.82. The Morgan fingerprint density at radius 2 is 2.00 bits per heavy atom. The molecule has 0 saturated carbocycles. The molecule has 6 nitrogen and oxygen atoms in total. The number of aromatic hydroxyl groups is 1. The standard InChI is InChI=1S/C17H15N3O3S/c1-10-3-2-4-13(21)16(10)20-17-15-11-7-8-24(22,23)14(11)6-5-12(15)18-9-19-17/h2-6,9,21H,7-8H2,1H3,(H,18,19,20). The van der Waals surface area contributed by atoms with Gasteiger partial charge in [0.05, 0.1) is 21.9 Å². The molecule has 1 aliphatic rings. The Labute approximate surface area is 139 Å². The van der Waals surface area contributed by atoms with E-state index in [0.717, 1.165) is 11.1 Å². The molecule has 122 valence electrons. The summed E-state index contributed by atoms with van der Waals surface area (Å²) in [6, 6.07) is 8.54. The van der Waals surface area contributed by atoms with Gasteiger partial charge < -0.3 is 10.4 Å². The summed E-state index contributed by atoms with van der Waals surface area (Å²) in [5.74, 6) is 0.714. The number of hydrogen-bond donors (Lipinski definition) is 2. The predicted molar refractivity (Wildman–Crippen MR) is 91.4 cm³/mol. The molecule has 0 aliphatic carbocycles. The van der Waals surface area contributed by atoms with Crippen molar-refractivity contribution in [2.24, 2.45) is 0 Å². The Balaban J connectivity index is 1.96. The number of phenols is 1. The molecule has 2 heterocycles. The normalized spacial score (nSPS) is 15.4. The lowest BCUT2D eigenvalue weighted by Crippen LogP contribution is -2.01. The van der Waals surface area contributed by atoms with Crippen LogP contribution in [0.2, 0.25) is 0 Å². The Bertz CT molecular complexity index is 1060. The SMILES string of the molecule is Cc1cccc(O)c1Nc1ncnc2ccc3c(c12)CCS3(=O)=O. The molecule has 0 bridgehead atoms. The summed E-state index contributed by atoms with van der Waals surface area (Å²) in [5, 5.41) is 13.9. The molecular formula is C17H15N3O3S. The molecular weight excluding hydrogens is 326 g/mol. The molecule has 24 heavy (non-hydrogen) atoms. The highest BCUT2D eigenvalue weighted by molar-refractivity contribution is 7.91. The molecule has 4 rings (SSSR count). The van der Waals surface area contributed by atoms with Crippen molar-refractivity contribution in [3.05, 3.63) is 47.8 Å². The number of nitrogens with zero attached hydrogens (tertiary/aromatic N) is 2. The zero-order valence-electron chi connectivity index (χ0n) is 12.9. The number of rotatable bonds is 2. The van der Waals surface area contributed by atoms with Crippen LogP contribution < -0.4 is 5.32 Å². The van der Waals surface area contributed by atoms with Crippen LogP contribution in [-0.4, -0.2) is 29.2 Å². The van der Waals surface area contributed by atoms with E-state index in [1.54, 1.807) is 24.3 Å². The van der Waals surface area contributed by atoms with Crippen LogP contribution in [0.25, 0.3) is 10.9 Å². The van der Waals surface area contributed by atoms with E-state index in [2.05, 4.69) is 15.3 Å². The first-order valence-electron chi connectivity index (χ1n) is 7.52. The molecule has 0 unspecified atom stereocenters. The third-order valence-corrected chi connectivity index (χ3v) is 6.11. The van der Waals surface area contributed by atoms with Crippen LogP contribution in [0.1, 0.15) is 11.1 Å². The lowest BCUT2D eigenvalue weighted by molar-refractivity contribution is 0.477. The summed E-state index contributed by atoms with van der Waals surface area (Å²) in [5.41, 5.74) is 2.83. The van der Waals surface area contributed by atoms with Gasteiger partial charge in [0.1, 0.15) is 17.9 Å². The maximum absolute atomic E-state index is 12.2. The zero-order chi connectivity index (χ0) is 16.9. The van der Waals surface area contributed by atoms with Gasteiger partial charge in [-0.1, -0.05) is 12.1 Å². The van der Waals surface area contributed by atoms with Crippen LogP contribution in [0.15, 0.2) is 41.6 Å². The molecule has 0 radical (unpaired) electrons. The first kappa shape index (κ1) is 14.9. The van der Waals surface area contributed by atoms with Crippen LogP contribution in [0.5, 0.6) is 5.75 Å². The summed E-state index contributed by atoms with van der Waals surface area (Å²) in [7, 11) is -3.24. The molecule has 0 spiro atoms. The van der Waals surface area contributed by atoms with E-state index < -0.39 is 9.84 Å². The van der Waals surface area contributed by atoms with E-state index in [9.17, 15) is 13.5 Å². The van der Waals surface area contributed by atoms with Crippen LogP contribution in [0.3, 0.4) is 0 Å². The Morgan fingerprint density at radius 1 is 1.17 bits per heavy atom. The van der Waals surface area contributed by atoms with Gasteiger partial charge in [-0.05, 0) is 42.7 Å². The number of benzene rings is 2. The number of aryl methyl sites for hydroxylation is 2. The first-order valence-corrected chi connectivity index (χ1v) is 9.17. The molecule has 1 aromatic heterocycles. The van der Waals surface area contributed by atoms with Gasteiger partial charge in [-0.2, -0.15) is 0 Å². The Kier molecular flexibility index (Phi) is 3.21. The van der Waals surface area contributed by atoms with Gasteiger partial charge in [0.2, 0.25) is 0 Å². The average molecular weight is 341 g/mol. The monoisotopic (exact) mass is 341 g/mol. The summed E-state index contributed by atoms with van der Waals surface area (Å²) in [4.78, 5) is 8.88. The van der Waals surface area contributed by atoms with E-state index in [1.165, 1.54) is 6.33 Å². The van der Waals surface area contributed by atoms with Gasteiger partial charge in [0, 0.05) is 5.39 Å². The molecule has 0 saturated heterocycles. The van der Waals surface area contributed by atoms with E-state index in [4.69, 9.17) is 0 Å². The third-order valence-electron chi connectivity index (χ3n) is 4.32. The number of hydrogen-bond acceptors (Lipinski definition) is 6. The van der Waals surface area contributed by atoms with Gasteiger partial charge in [-0.3, -0.25) is 0 Å². The van der Waals surface area contributed by atoms with Crippen molar-refractivity contribution in [3.8, 4) is 5.75 Å². The van der Waals surface area contributed by atoms with Crippen molar-refractivity contribution in [1.82, 2.24) is 9.97 Å². The van der Waals surface area contributed by atoms with Crippen LogP contribution in [0, 0.1) is 6.92 Å². The van der Waals surface area contributed by atoms with Crippen LogP contribution in [0.4, 0.5) is 11.5 Å². The van der Waals surface area contributed by atoms with Gasteiger partial charge in [0.15, 0.2) is 9.84 Å².